The van der Waals surface area contributed by atoms with E-state index in [0.717, 1.165) is 5.56 Å². The number of hydrogen-bond donors (Lipinski definition) is 2. The number of anilines is 1. The van der Waals surface area contributed by atoms with Crippen LogP contribution in [0, 0.1) is 0 Å². The fraction of sp³-hybridized carbons (Fsp3) is 0.417. The maximum absolute atomic E-state index is 11.6. The first-order chi connectivity index (χ1) is 8.30. The highest BCUT2D eigenvalue weighted by Gasteiger charge is 2.13. The quantitative estimate of drug-likeness (QED) is 0.829. The van der Waals surface area contributed by atoms with Crippen molar-refractivity contribution in [3.63, 3.8) is 0 Å². The van der Waals surface area contributed by atoms with Gasteiger partial charge in [-0.3, -0.25) is 9.52 Å². The molecule has 0 amide bonds. The molecule has 0 saturated heterocycles. The molecule has 0 aliphatic carbocycles. The van der Waals surface area contributed by atoms with Crippen molar-refractivity contribution in [3.05, 3.63) is 29.8 Å². The van der Waals surface area contributed by atoms with Crippen molar-refractivity contribution < 1.29 is 18.3 Å². The molecular weight excluding hydrogens is 254 g/mol. The van der Waals surface area contributed by atoms with Crippen LogP contribution in [0.1, 0.15) is 31.7 Å². The lowest BCUT2D eigenvalue weighted by Gasteiger charge is -2.10. The van der Waals surface area contributed by atoms with E-state index >= 15 is 0 Å². The van der Waals surface area contributed by atoms with Gasteiger partial charge in [0, 0.05) is 5.69 Å². The van der Waals surface area contributed by atoms with Crippen molar-refractivity contribution in [2.45, 2.75) is 26.2 Å². The molecule has 0 fully saturated rings. The van der Waals surface area contributed by atoms with Crippen molar-refractivity contribution in [2.75, 3.05) is 10.5 Å². The first kappa shape index (κ1) is 14.5. The van der Waals surface area contributed by atoms with Gasteiger partial charge in [0.25, 0.3) is 0 Å². The average Bonchev–Trinajstić information content (AvgIpc) is 2.26. The van der Waals surface area contributed by atoms with Crippen LogP contribution >= 0.6 is 0 Å². The van der Waals surface area contributed by atoms with Crippen LogP contribution < -0.4 is 4.72 Å². The van der Waals surface area contributed by atoms with Crippen LogP contribution in [0.3, 0.4) is 0 Å². The predicted octanol–water partition coefficient (Wildman–Crippen LogP) is 2.03. The van der Waals surface area contributed by atoms with Gasteiger partial charge in [0.15, 0.2) is 0 Å². The lowest BCUT2D eigenvalue weighted by molar-refractivity contribution is -0.136. The van der Waals surface area contributed by atoms with E-state index in [2.05, 4.69) is 4.72 Å². The first-order valence-electron chi connectivity index (χ1n) is 5.62. The number of rotatable bonds is 6. The summed E-state index contributed by atoms with van der Waals surface area (Å²) in [6.45, 7) is 4.02. The predicted molar refractivity (Wildman–Crippen MR) is 70.2 cm³/mol. The third kappa shape index (κ3) is 4.75. The van der Waals surface area contributed by atoms with Gasteiger partial charge in [-0.15, -0.1) is 0 Å². The summed E-state index contributed by atoms with van der Waals surface area (Å²) in [5.74, 6) is -1.25. The maximum Gasteiger partial charge on any atom is 0.304 e. The zero-order chi connectivity index (χ0) is 13.8. The summed E-state index contributed by atoms with van der Waals surface area (Å²) in [5, 5.41) is 8.47. The molecule has 1 aromatic rings. The van der Waals surface area contributed by atoms with E-state index < -0.39 is 28.2 Å². The summed E-state index contributed by atoms with van der Waals surface area (Å²) in [6.07, 6.45) is -0.404. The second kappa shape index (κ2) is 5.86. The third-order valence-corrected chi connectivity index (χ3v) is 3.70. The number of carbonyl (C=O) groups is 1. The Morgan fingerprint density at radius 2 is 2.06 bits per heavy atom. The molecule has 0 aliphatic rings. The van der Waals surface area contributed by atoms with E-state index in [-0.39, 0.29) is 0 Å². The number of sulfonamides is 1. The molecule has 1 rings (SSSR count). The summed E-state index contributed by atoms with van der Waals surface area (Å²) in [7, 11) is -3.60. The van der Waals surface area contributed by atoms with Gasteiger partial charge >= 0.3 is 5.97 Å². The SMILES string of the molecule is CC(C)c1cccc(NS(=O)(=O)CCC(=O)O)c1. The molecule has 0 spiro atoms. The molecule has 1 aromatic carbocycles. The van der Waals surface area contributed by atoms with E-state index in [4.69, 9.17) is 5.11 Å². The third-order valence-electron chi connectivity index (χ3n) is 2.41. The van der Waals surface area contributed by atoms with Crippen molar-refractivity contribution in [1.82, 2.24) is 0 Å². The number of nitrogens with one attached hydrogen (secondary N) is 1. The van der Waals surface area contributed by atoms with Crippen LogP contribution in [-0.2, 0) is 14.8 Å². The van der Waals surface area contributed by atoms with Crippen LogP contribution in [0.25, 0.3) is 0 Å². The second-order valence-electron chi connectivity index (χ2n) is 4.34. The Balaban J connectivity index is 2.77. The normalized spacial score (nSPS) is 11.5. The van der Waals surface area contributed by atoms with Crippen LogP contribution in [0.2, 0.25) is 0 Å². The lowest BCUT2D eigenvalue weighted by Crippen LogP contribution is -2.18. The Morgan fingerprint density at radius 3 is 2.61 bits per heavy atom. The molecule has 0 bridgehead atoms. The van der Waals surface area contributed by atoms with Crippen LogP contribution in [0.15, 0.2) is 24.3 Å². The first-order valence-corrected chi connectivity index (χ1v) is 7.27. The van der Waals surface area contributed by atoms with Gasteiger partial charge in [-0.05, 0) is 23.6 Å². The smallest absolute Gasteiger partial charge is 0.304 e. The van der Waals surface area contributed by atoms with Crippen LogP contribution in [0.5, 0.6) is 0 Å². The van der Waals surface area contributed by atoms with Crippen LogP contribution in [-0.4, -0.2) is 25.2 Å². The monoisotopic (exact) mass is 271 g/mol. The number of carboxylic acids is 1. The Bertz CT molecular complexity index is 523. The molecule has 100 valence electrons. The van der Waals surface area contributed by atoms with Crippen molar-refractivity contribution in [3.8, 4) is 0 Å². The molecule has 5 nitrogen and oxygen atoms in total. The highest BCUT2D eigenvalue weighted by molar-refractivity contribution is 7.92. The standard InChI is InChI=1S/C12H17NO4S/c1-9(2)10-4-3-5-11(8-10)13-18(16,17)7-6-12(14)15/h3-5,8-9,13H,6-7H2,1-2H3,(H,14,15). The summed E-state index contributed by atoms with van der Waals surface area (Å²) in [4.78, 5) is 10.3. The largest absolute Gasteiger partial charge is 0.481 e. The summed E-state index contributed by atoms with van der Waals surface area (Å²) < 4.78 is 25.6. The Hall–Kier alpha value is -1.56. The average molecular weight is 271 g/mol. The minimum atomic E-state index is -3.60. The molecule has 0 radical (unpaired) electrons. The molecule has 0 aromatic heterocycles. The lowest BCUT2D eigenvalue weighted by atomic mass is 10.0. The maximum atomic E-state index is 11.6. The fourth-order valence-corrected chi connectivity index (χ4v) is 2.45. The van der Waals surface area contributed by atoms with Gasteiger partial charge in [0.05, 0.1) is 12.2 Å². The molecule has 0 aliphatic heterocycles. The van der Waals surface area contributed by atoms with Gasteiger partial charge in [0.1, 0.15) is 0 Å². The summed E-state index contributed by atoms with van der Waals surface area (Å²) in [5.41, 5.74) is 1.49. The Morgan fingerprint density at radius 1 is 1.39 bits per heavy atom. The number of hydrogen-bond acceptors (Lipinski definition) is 3. The summed E-state index contributed by atoms with van der Waals surface area (Å²) >= 11 is 0. The topological polar surface area (TPSA) is 83.5 Å². The molecule has 0 unspecified atom stereocenters. The fourth-order valence-electron chi connectivity index (χ4n) is 1.41. The minimum absolute atomic E-state index is 0.300. The van der Waals surface area contributed by atoms with Crippen molar-refractivity contribution in [2.24, 2.45) is 0 Å². The second-order valence-corrected chi connectivity index (χ2v) is 6.19. The van der Waals surface area contributed by atoms with Gasteiger partial charge in [-0.25, -0.2) is 8.42 Å². The molecule has 0 saturated carbocycles. The molecule has 18 heavy (non-hydrogen) atoms. The Labute approximate surface area is 107 Å². The molecule has 0 atom stereocenters. The van der Waals surface area contributed by atoms with E-state index in [0.29, 0.717) is 11.6 Å². The van der Waals surface area contributed by atoms with Gasteiger partial charge in [0.2, 0.25) is 10.0 Å². The van der Waals surface area contributed by atoms with E-state index in [1.165, 1.54) is 0 Å². The van der Waals surface area contributed by atoms with Gasteiger partial charge < -0.3 is 5.11 Å². The zero-order valence-electron chi connectivity index (χ0n) is 10.4. The molecular formula is C12H17NO4S. The van der Waals surface area contributed by atoms with Gasteiger partial charge in [-0.2, -0.15) is 0 Å². The number of aliphatic carboxylic acids is 1. The zero-order valence-corrected chi connectivity index (χ0v) is 11.2. The van der Waals surface area contributed by atoms with E-state index in [1.54, 1.807) is 18.2 Å². The summed E-state index contributed by atoms with van der Waals surface area (Å²) in [6, 6.07) is 7.08. The van der Waals surface area contributed by atoms with Crippen molar-refractivity contribution >= 4 is 21.7 Å². The minimum Gasteiger partial charge on any atom is -0.481 e. The number of carboxylic acid groups (broad SMARTS) is 1. The molecule has 2 N–H and O–H groups in total. The van der Waals surface area contributed by atoms with Crippen molar-refractivity contribution in [1.29, 1.82) is 0 Å². The molecule has 0 heterocycles. The van der Waals surface area contributed by atoms with Gasteiger partial charge in [-0.1, -0.05) is 26.0 Å². The van der Waals surface area contributed by atoms with E-state index in [9.17, 15) is 13.2 Å². The van der Waals surface area contributed by atoms with E-state index in [1.807, 2.05) is 19.9 Å². The Kier molecular flexibility index (Phi) is 4.72. The van der Waals surface area contributed by atoms with Crippen LogP contribution in [0.4, 0.5) is 5.69 Å². The highest BCUT2D eigenvalue weighted by atomic mass is 32.2. The highest BCUT2D eigenvalue weighted by Crippen LogP contribution is 2.19. The molecule has 6 heteroatoms. The number of benzene rings is 1.